The third kappa shape index (κ3) is 4.73. The molecule has 1 fully saturated rings. The molecule has 108 valence electrons. The van der Waals surface area contributed by atoms with Crippen molar-refractivity contribution in [2.75, 3.05) is 0 Å². The number of nitrogens with one attached hydrogen (secondary N) is 1. The van der Waals surface area contributed by atoms with Gasteiger partial charge in [0, 0.05) is 6.04 Å². The van der Waals surface area contributed by atoms with Crippen LogP contribution in [0.3, 0.4) is 0 Å². The SMILES string of the molecule is CC(C)NCc1nnc(OC2CCC(C)(C)CC2)s1. The van der Waals surface area contributed by atoms with Gasteiger partial charge in [-0.15, -0.1) is 5.10 Å². The van der Waals surface area contributed by atoms with Crippen LogP contribution in [0.15, 0.2) is 0 Å². The molecule has 0 saturated heterocycles. The Hall–Kier alpha value is -0.680. The predicted octanol–water partition coefficient (Wildman–Crippen LogP) is 3.38. The molecule has 5 heteroatoms. The van der Waals surface area contributed by atoms with Crippen LogP contribution in [-0.4, -0.2) is 22.3 Å². The molecule has 1 aromatic rings. The van der Waals surface area contributed by atoms with Gasteiger partial charge in [-0.05, 0) is 31.1 Å². The van der Waals surface area contributed by atoms with Crippen LogP contribution in [0.1, 0.15) is 58.4 Å². The van der Waals surface area contributed by atoms with Crippen molar-refractivity contribution in [3.8, 4) is 5.19 Å². The van der Waals surface area contributed by atoms with E-state index >= 15 is 0 Å². The fourth-order valence-electron chi connectivity index (χ4n) is 2.28. The zero-order chi connectivity index (χ0) is 13.9. The summed E-state index contributed by atoms with van der Waals surface area (Å²) in [4.78, 5) is 0. The van der Waals surface area contributed by atoms with E-state index in [1.165, 1.54) is 12.8 Å². The summed E-state index contributed by atoms with van der Waals surface area (Å²) in [7, 11) is 0. The highest BCUT2D eigenvalue weighted by Crippen LogP contribution is 2.36. The quantitative estimate of drug-likeness (QED) is 0.900. The van der Waals surface area contributed by atoms with Crippen LogP contribution in [0.4, 0.5) is 0 Å². The van der Waals surface area contributed by atoms with Crippen molar-refractivity contribution < 1.29 is 4.74 Å². The highest BCUT2D eigenvalue weighted by molar-refractivity contribution is 7.13. The standard InChI is InChI=1S/C14H25N3OS/c1-10(2)15-9-12-16-17-13(19-12)18-11-5-7-14(3,4)8-6-11/h10-11,15H,5-9H2,1-4H3. The Bertz CT molecular complexity index is 393. The largest absolute Gasteiger partial charge is 0.466 e. The molecule has 0 aromatic carbocycles. The van der Waals surface area contributed by atoms with Crippen molar-refractivity contribution in [1.82, 2.24) is 15.5 Å². The van der Waals surface area contributed by atoms with E-state index in [1.54, 1.807) is 11.3 Å². The molecule has 0 radical (unpaired) electrons. The third-order valence-electron chi connectivity index (χ3n) is 3.66. The van der Waals surface area contributed by atoms with Gasteiger partial charge in [-0.2, -0.15) is 0 Å². The first-order chi connectivity index (χ1) is 8.94. The summed E-state index contributed by atoms with van der Waals surface area (Å²) in [5.74, 6) is 0. The highest BCUT2D eigenvalue weighted by Gasteiger charge is 2.28. The molecular formula is C14H25N3OS. The molecule has 1 heterocycles. The monoisotopic (exact) mass is 283 g/mol. The van der Waals surface area contributed by atoms with E-state index in [9.17, 15) is 0 Å². The summed E-state index contributed by atoms with van der Waals surface area (Å²) in [5, 5.41) is 13.4. The maximum Gasteiger partial charge on any atom is 0.294 e. The summed E-state index contributed by atoms with van der Waals surface area (Å²) >= 11 is 1.56. The van der Waals surface area contributed by atoms with Gasteiger partial charge in [-0.1, -0.05) is 44.1 Å². The molecule has 0 atom stereocenters. The van der Waals surface area contributed by atoms with Crippen molar-refractivity contribution in [1.29, 1.82) is 0 Å². The summed E-state index contributed by atoms with van der Waals surface area (Å²) < 4.78 is 5.95. The maximum atomic E-state index is 5.95. The van der Waals surface area contributed by atoms with Crippen LogP contribution < -0.4 is 10.1 Å². The highest BCUT2D eigenvalue weighted by atomic mass is 32.1. The van der Waals surface area contributed by atoms with E-state index in [4.69, 9.17) is 4.74 Å². The van der Waals surface area contributed by atoms with Gasteiger partial charge in [-0.3, -0.25) is 0 Å². The summed E-state index contributed by atoms with van der Waals surface area (Å²) in [5.41, 5.74) is 0.479. The van der Waals surface area contributed by atoms with Gasteiger partial charge in [0.05, 0.1) is 6.54 Å². The van der Waals surface area contributed by atoms with Crippen molar-refractivity contribution >= 4 is 11.3 Å². The lowest BCUT2D eigenvalue weighted by molar-refractivity contribution is 0.0978. The second-order valence-corrected chi connectivity index (χ2v) is 7.50. The first-order valence-electron chi connectivity index (χ1n) is 7.17. The number of nitrogens with zero attached hydrogens (tertiary/aromatic N) is 2. The Labute approximate surface area is 120 Å². The molecule has 0 unspecified atom stereocenters. The molecular weight excluding hydrogens is 258 g/mol. The Morgan fingerprint density at radius 2 is 2.00 bits per heavy atom. The molecule has 1 saturated carbocycles. The van der Waals surface area contributed by atoms with Crippen LogP contribution in [-0.2, 0) is 6.54 Å². The molecule has 1 aromatic heterocycles. The van der Waals surface area contributed by atoms with E-state index in [0.717, 1.165) is 29.6 Å². The Balaban J connectivity index is 1.80. The molecule has 1 aliphatic rings. The van der Waals surface area contributed by atoms with Crippen molar-refractivity contribution in [2.24, 2.45) is 5.41 Å². The van der Waals surface area contributed by atoms with Crippen LogP contribution in [0.2, 0.25) is 0 Å². The van der Waals surface area contributed by atoms with Gasteiger partial charge in [0.1, 0.15) is 11.1 Å². The van der Waals surface area contributed by atoms with Gasteiger partial charge in [0.25, 0.3) is 5.19 Å². The van der Waals surface area contributed by atoms with Gasteiger partial charge in [0.15, 0.2) is 0 Å². The molecule has 1 aliphatic carbocycles. The average Bonchev–Trinajstić information content (AvgIpc) is 2.77. The Morgan fingerprint density at radius 1 is 1.32 bits per heavy atom. The van der Waals surface area contributed by atoms with E-state index in [-0.39, 0.29) is 0 Å². The molecule has 0 bridgehead atoms. The van der Waals surface area contributed by atoms with E-state index in [0.29, 0.717) is 17.6 Å². The van der Waals surface area contributed by atoms with E-state index < -0.39 is 0 Å². The predicted molar refractivity (Wildman–Crippen MR) is 78.5 cm³/mol. The lowest BCUT2D eigenvalue weighted by atomic mass is 9.76. The zero-order valence-corrected chi connectivity index (χ0v) is 13.2. The summed E-state index contributed by atoms with van der Waals surface area (Å²) in [6.45, 7) is 9.70. The average molecular weight is 283 g/mol. The molecule has 1 N–H and O–H groups in total. The van der Waals surface area contributed by atoms with E-state index in [1.807, 2.05) is 0 Å². The Morgan fingerprint density at radius 3 is 2.63 bits per heavy atom. The van der Waals surface area contributed by atoms with E-state index in [2.05, 4.69) is 43.2 Å². The maximum absolute atomic E-state index is 5.95. The minimum Gasteiger partial charge on any atom is -0.466 e. The molecule has 2 rings (SSSR count). The first-order valence-corrected chi connectivity index (χ1v) is 7.99. The lowest BCUT2D eigenvalue weighted by Gasteiger charge is -2.33. The number of hydrogen-bond acceptors (Lipinski definition) is 5. The topological polar surface area (TPSA) is 47.0 Å². The minimum absolute atomic E-state index is 0.326. The third-order valence-corrected chi connectivity index (χ3v) is 4.48. The molecule has 0 aliphatic heterocycles. The lowest BCUT2D eigenvalue weighted by Crippen LogP contribution is -2.28. The minimum atomic E-state index is 0.326. The molecule has 0 amide bonds. The van der Waals surface area contributed by atoms with Gasteiger partial charge in [-0.25, -0.2) is 0 Å². The van der Waals surface area contributed by atoms with Crippen molar-refractivity contribution in [3.63, 3.8) is 0 Å². The van der Waals surface area contributed by atoms with Crippen LogP contribution in [0.25, 0.3) is 0 Å². The summed E-state index contributed by atoms with van der Waals surface area (Å²) in [6, 6.07) is 0.467. The van der Waals surface area contributed by atoms with Crippen molar-refractivity contribution in [2.45, 2.75) is 72.1 Å². The first kappa shape index (κ1) is 14.7. The molecule has 19 heavy (non-hydrogen) atoms. The number of aromatic nitrogens is 2. The number of rotatable bonds is 5. The molecule has 0 spiro atoms. The van der Waals surface area contributed by atoms with Crippen LogP contribution >= 0.6 is 11.3 Å². The van der Waals surface area contributed by atoms with Crippen LogP contribution in [0, 0.1) is 5.41 Å². The van der Waals surface area contributed by atoms with Gasteiger partial charge in [0.2, 0.25) is 0 Å². The Kier molecular flexibility index (Phi) is 4.79. The van der Waals surface area contributed by atoms with Crippen LogP contribution in [0.5, 0.6) is 5.19 Å². The second kappa shape index (κ2) is 6.18. The molecule has 4 nitrogen and oxygen atoms in total. The van der Waals surface area contributed by atoms with Crippen molar-refractivity contribution in [3.05, 3.63) is 5.01 Å². The fraction of sp³-hybridized carbons (Fsp3) is 0.857. The van der Waals surface area contributed by atoms with Gasteiger partial charge < -0.3 is 10.1 Å². The fourth-order valence-corrected chi connectivity index (χ4v) is 2.99. The normalized spacial score (nSPS) is 19.8. The number of hydrogen-bond donors (Lipinski definition) is 1. The smallest absolute Gasteiger partial charge is 0.294 e. The second-order valence-electron chi connectivity index (χ2n) is 6.48. The number of ether oxygens (including phenoxy) is 1. The summed E-state index contributed by atoms with van der Waals surface area (Å²) in [6.07, 6.45) is 5.06. The zero-order valence-electron chi connectivity index (χ0n) is 12.4. The van der Waals surface area contributed by atoms with Gasteiger partial charge >= 0.3 is 0 Å².